The molecule has 0 aliphatic heterocycles. The Hall–Kier alpha value is -1.40. The molecule has 0 bridgehead atoms. The molecule has 2 aromatic heterocycles. The van der Waals surface area contributed by atoms with Gasteiger partial charge in [0.25, 0.3) is 0 Å². The Balaban J connectivity index is 2.04. The first-order valence-electron chi connectivity index (χ1n) is 5.56. The van der Waals surface area contributed by atoms with E-state index < -0.39 is 0 Å². The van der Waals surface area contributed by atoms with Crippen LogP contribution in [0.4, 0.5) is 11.8 Å². The van der Waals surface area contributed by atoms with Gasteiger partial charge >= 0.3 is 0 Å². The molecule has 0 unspecified atom stereocenters. The van der Waals surface area contributed by atoms with Gasteiger partial charge in [0, 0.05) is 6.54 Å². The summed E-state index contributed by atoms with van der Waals surface area (Å²) < 4.78 is 0. The van der Waals surface area contributed by atoms with Crippen molar-refractivity contribution in [1.29, 1.82) is 0 Å². The lowest BCUT2D eigenvalue weighted by molar-refractivity contribution is 0.405. The Bertz CT molecular complexity index is 494. The zero-order chi connectivity index (χ0) is 12.3. The third-order valence-electron chi connectivity index (χ3n) is 2.42. The maximum atomic E-state index is 5.67. The number of nitrogens with two attached hydrogens (primary N) is 1. The van der Waals surface area contributed by atoms with E-state index in [4.69, 9.17) is 5.73 Å². The van der Waals surface area contributed by atoms with E-state index >= 15 is 0 Å². The number of nitrogens with zero attached hydrogens (tertiary/aromatic N) is 3. The molecule has 0 saturated carbocycles. The van der Waals surface area contributed by atoms with Gasteiger partial charge in [0.15, 0.2) is 0 Å². The zero-order valence-corrected chi connectivity index (χ0v) is 10.9. The molecule has 6 heteroatoms. The zero-order valence-electron chi connectivity index (χ0n) is 10.1. The van der Waals surface area contributed by atoms with Gasteiger partial charge in [0.1, 0.15) is 10.6 Å². The maximum Gasteiger partial charge on any atom is 0.223 e. The summed E-state index contributed by atoms with van der Waals surface area (Å²) in [4.78, 5) is 11.5. The molecule has 0 aromatic carbocycles. The van der Waals surface area contributed by atoms with Crippen LogP contribution in [0.15, 0.2) is 11.4 Å². The van der Waals surface area contributed by atoms with Crippen molar-refractivity contribution in [3.8, 4) is 0 Å². The SMILES string of the molecule is CN(C)CCCNc1nc(N)nc2sccc12. The van der Waals surface area contributed by atoms with Crippen LogP contribution in [0.25, 0.3) is 10.2 Å². The molecule has 0 amide bonds. The summed E-state index contributed by atoms with van der Waals surface area (Å²) in [7, 11) is 4.14. The first-order valence-corrected chi connectivity index (χ1v) is 6.44. The van der Waals surface area contributed by atoms with Crippen molar-refractivity contribution in [2.24, 2.45) is 0 Å². The van der Waals surface area contributed by atoms with E-state index in [1.54, 1.807) is 11.3 Å². The molecule has 0 saturated heterocycles. The molecule has 0 radical (unpaired) electrons. The highest BCUT2D eigenvalue weighted by molar-refractivity contribution is 7.16. The minimum Gasteiger partial charge on any atom is -0.369 e. The van der Waals surface area contributed by atoms with Crippen LogP contribution >= 0.6 is 11.3 Å². The Labute approximate surface area is 105 Å². The average molecular weight is 251 g/mol. The third-order valence-corrected chi connectivity index (χ3v) is 3.22. The fraction of sp³-hybridized carbons (Fsp3) is 0.455. The van der Waals surface area contributed by atoms with Crippen LogP contribution < -0.4 is 11.1 Å². The molecule has 2 heterocycles. The van der Waals surface area contributed by atoms with Gasteiger partial charge in [0.05, 0.1) is 5.39 Å². The number of aromatic nitrogens is 2. The quantitative estimate of drug-likeness (QED) is 0.791. The summed E-state index contributed by atoms with van der Waals surface area (Å²) in [5.41, 5.74) is 5.67. The summed E-state index contributed by atoms with van der Waals surface area (Å²) in [6, 6.07) is 2.02. The summed E-state index contributed by atoms with van der Waals surface area (Å²) >= 11 is 1.58. The van der Waals surface area contributed by atoms with Gasteiger partial charge in [-0.3, -0.25) is 0 Å². The molecular formula is C11H17N5S. The smallest absolute Gasteiger partial charge is 0.223 e. The van der Waals surface area contributed by atoms with Gasteiger partial charge in [0.2, 0.25) is 5.95 Å². The molecule has 5 nitrogen and oxygen atoms in total. The standard InChI is InChI=1S/C11H17N5S/c1-16(2)6-3-5-13-9-8-4-7-17-10(8)15-11(12)14-9/h4,7H,3,5-6H2,1-2H3,(H3,12,13,14,15). The summed E-state index contributed by atoms with van der Waals surface area (Å²) in [6.07, 6.45) is 1.07. The lowest BCUT2D eigenvalue weighted by Crippen LogP contribution is -2.16. The fourth-order valence-electron chi connectivity index (χ4n) is 1.61. The van der Waals surface area contributed by atoms with Gasteiger partial charge in [-0.05, 0) is 38.5 Å². The van der Waals surface area contributed by atoms with E-state index in [9.17, 15) is 0 Å². The van der Waals surface area contributed by atoms with Crippen molar-refractivity contribution in [3.63, 3.8) is 0 Å². The van der Waals surface area contributed by atoms with Crippen LogP contribution in [0.5, 0.6) is 0 Å². The topological polar surface area (TPSA) is 67.1 Å². The van der Waals surface area contributed by atoms with Crippen molar-refractivity contribution in [2.45, 2.75) is 6.42 Å². The third kappa shape index (κ3) is 3.04. The predicted molar refractivity (Wildman–Crippen MR) is 73.5 cm³/mol. The second kappa shape index (κ2) is 5.29. The van der Waals surface area contributed by atoms with Crippen molar-refractivity contribution in [2.75, 3.05) is 38.2 Å². The van der Waals surface area contributed by atoms with E-state index in [0.29, 0.717) is 5.95 Å². The summed E-state index contributed by atoms with van der Waals surface area (Å²) in [5, 5.41) is 6.37. The van der Waals surface area contributed by atoms with Crippen molar-refractivity contribution >= 4 is 33.3 Å². The number of nitrogens with one attached hydrogen (secondary N) is 1. The van der Waals surface area contributed by atoms with E-state index in [-0.39, 0.29) is 0 Å². The van der Waals surface area contributed by atoms with Gasteiger partial charge in [-0.15, -0.1) is 11.3 Å². The van der Waals surface area contributed by atoms with Crippen LogP contribution in [0.2, 0.25) is 0 Å². The average Bonchev–Trinajstić information content (AvgIpc) is 2.71. The number of thiophene rings is 1. The minimum absolute atomic E-state index is 0.329. The van der Waals surface area contributed by atoms with Gasteiger partial charge < -0.3 is 16.0 Å². The van der Waals surface area contributed by atoms with E-state index in [1.165, 1.54) is 0 Å². The Morgan fingerprint density at radius 1 is 1.41 bits per heavy atom. The largest absolute Gasteiger partial charge is 0.369 e. The Morgan fingerprint density at radius 3 is 3.00 bits per heavy atom. The van der Waals surface area contributed by atoms with E-state index in [0.717, 1.165) is 35.5 Å². The first-order chi connectivity index (χ1) is 8.16. The number of rotatable bonds is 5. The Morgan fingerprint density at radius 2 is 2.24 bits per heavy atom. The molecular weight excluding hydrogens is 234 g/mol. The molecule has 2 aromatic rings. The van der Waals surface area contributed by atoms with Crippen LogP contribution in [-0.4, -0.2) is 42.1 Å². The van der Waals surface area contributed by atoms with Gasteiger partial charge in [-0.25, -0.2) is 4.98 Å². The molecule has 0 aliphatic rings. The monoisotopic (exact) mass is 251 g/mol. The molecule has 0 atom stereocenters. The molecule has 3 N–H and O–H groups in total. The predicted octanol–water partition coefficient (Wildman–Crippen LogP) is 1.64. The second-order valence-electron chi connectivity index (χ2n) is 4.15. The van der Waals surface area contributed by atoms with E-state index in [1.807, 2.05) is 11.4 Å². The summed E-state index contributed by atoms with van der Waals surface area (Å²) in [5.74, 6) is 1.17. The van der Waals surface area contributed by atoms with Crippen LogP contribution in [0.1, 0.15) is 6.42 Å². The number of hydrogen-bond acceptors (Lipinski definition) is 6. The van der Waals surface area contributed by atoms with Crippen LogP contribution in [-0.2, 0) is 0 Å². The van der Waals surface area contributed by atoms with E-state index in [2.05, 4.69) is 34.3 Å². The van der Waals surface area contributed by atoms with Crippen molar-refractivity contribution in [1.82, 2.24) is 14.9 Å². The number of nitrogen functional groups attached to an aromatic ring is 1. The maximum absolute atomic E-state index is 5.67. The molecule has 2 rings (SSSR count). The molecule has 92 valence electrons. The molecule has 0 aliphatic carbocycles. The Kier molecular flexibility index (Phi) is 3.75. The van der Waals surface area contributed by atoms with Crippen molar-refractivity contribution < 1.29 is 0 Å². The van der Waals surface area contributed by atoms with Crippen molar-refractivity contribution in [3.05, 3.63) is 11.4 Å². The highest BCUT2D eigenvalue weighted by Crippen LogP contribution is 2.25. The summed E-state index contributed by atoms with van der Waals surface area (Å²) in [6.45, 7) is 1.94. The lowest BCUT2D eigenvalue weighted by Gasteiger charge is -2.10. The normalized spacial score (nSPS) is 11.2. The van der Waals surface area contributed by atoms with Gasteiger partial charge in [-0.1, -0.05) is 0 Å². The highest BCUT2D eigenvalue weighted by atomic mass is 32.1. The number of fused-ring (bicyclic) bond motifs is 1. The molecule has 0 spiro atoms. The van der Waals surface area contributed by atoms with Crippen LogP contribution in [0, 0.1) is 0 Å². The second-order valence-corrected chi connectivity index (χ2v) is 5.05. The number of anilines is 2. The van der Waals surface area contributed by atoms with Gasteiger partial charge in [-0.2, -0.15) is 4.98 Å². The minimum atomic E-state index is 0.329. The van der Waals surface area contributed by atoms with Crippen LogP contribution in [0.3, 0.4) is 0 Å². The first kappa shape index (κ1) is 12.1. The fourth-order valence-corrected chi connectivity index (χ4v) is 2.38. The molecule has 0 fully saturated rings. The lowest BCUT2D eigenvalue weighted by atomic mass is 10.3. The number of hydrogen-bond donors (Lipinski definition) is 2. The molecule has 17 heavy (non-hydrogen) atoms. The highest BCUT2D eigenvalue weighted by Gasteiger charge is 2.06.